The van der Waals surface area contributed by atoms with Gasteiger partial charge in [-0.3, -0.25) is 4.79 Å². The Morgan fingerprint density at radius 3 is 3.07 bits per heavy atom. The van der Waals surface area contributed by atoms with Gasteiger partial charge in [0.05, 0.1) is 0 Å². The van der Waals surface area contributed by atoms with Crippen molar-refractivity contribution in [3.8, 4) is 12.3 Å². The minimum Gasteiger partial charge on any atom is -0.303 e. The normalized spacial score (nSPS) is 19.5. The lowest BCUT2D eigenvalue weighted by molar-refractivity contribution is -0.115. The van der Waals surface area contributed by atoms with Crippen LogP contribution in [0.5, 0.6) is 0 Å². The first-order valence-corrected chi connectivity index (χ1v) is 4.64. The molecule has 0 fully saturated rings. The van der Waals surface area contributed by atoms with Crippen LogP contribution in [0.2, 0.25) is 0 Å². The number of hydrogen-bond acceptors (Lipinski definition) is 2. The molecule has 0 saturated heterocycles. The average Bonchev–Trinajstić information content (AvgIpc) is 2.27. The van der Waals surface area contributed by atoms with Gasteiger partial charge in [0.15, 0.2) is 0 Å². The summed E-state index contributed by atoms with van der Waals surface area (Å²) in [6, 6.07) is 7.63. The summed E-state index contributed by atoms with van der Waals surface area (Å²) in [5, 5.41) is 3.13. The summed E-state index contributed by atoms with van der Waals surface area (Å²) < 4.78 is 0. The third kappa shape index (κ3) is 1.43. The Hall–Kier alpha value is -1.59. The summed E-state index contributed by atoms with van der Waals surface area (Å²) in [7, 11) is 0. The summed E-state index contributed by atoms with van der Waals surface area (Å²) in [5.41, 5.74) is 2.25. The van der Waals surface area contributed by atoms with Gasteiger partial charge in [0.2, 0.25) is 5.78 Å². The first kappa shape index (κ1) is 8.98. The molecule has 1 aliphatic rings. The summed E-state index contributed by atoms with van der Waals surface area (Å²) >= 11 is 0. The zero-order chi connectivity index (χ0) is 9.97. The van der Waals surface area contributed by atoms with Crippen molar-refractivity contribution in [3.63, 3.8) is 0 Å². The molecule has 2 heteroatoms. The highest BCUT2D eigenvalue weighted by molar-refractivity contribution is 6.00. The van der Waals surface area contributed by atoms with E-state index in [1.54, 1.807) is 0 Å². The number of carbonyl (C=O) groups excluding carboxylic acids is 1. The highest BCUT2D eigenvalue weighted by Crippen LogP contribution is 2.22. The van der Waals surface area contributed by atoms with Gasteiger partial charge in [-0.05, 0) is 23.5 Å². The summed E-state index contributed by atoms with van der Waals surface area (Å²) in [5.74, 6) is 1.99. The molecule has 14 heavy (non-hydrogen) atoms. The van der Waals surface area contributed by atoms with E-state index in [1.807, 2.05) is 24.3 Å². The third-order valence-corrected chi connectivity index (χ3v) is 2.51. The van der Waals surface area contributed by atoms with Crippen molar-refractivity contribution in [2.24, 2.45) is 0 Å². The lowest BCUT2D eigenvalue weighted by Crippen LogP contribution is -2.34. The number of rotatable bonds is 1. The molecule has 0 spiro atoms. The molecule has 1 heterocycles. The summed E-state index contributed by atoms with van der Waals surface area (Å²) in [6.45, 7) is 0.815. The maximum Gasteiger partial charge on any atom is 0.226 e. The van der Waals surface area contributed by atoms with E-state index in [2.05, 4.69) is 11.2 Å². The molecule has 2 rings (SSSR count). The van der Waals surface area contributed by atoms with Gasteiger partial charge in [0.25, 0.3) is 0 Å². The fourth-order valence-electron chi connectivity index (χ4n) is 1.82. The van der Waals surface area contributed by atoms with Gasteiger partial charge in [-0.25, -0.2) is 0 Å². The van der Waals surface area contributed by atoms with E-state index >= 15 is 0 Å². The van der Waals surface area contributed by atoms with E-state index in [0.717, 1.165) is 18.5 Å². The van der Waals surface area contributed by atoms with Crippen molar-refractivity contribution < 1.29 is 4.79 Å². The molecule has 0 saturated carbocycles. The van der Waals surface area contributed by atoms with Gasteiger partial charge in [0.1, 0.15) is 6.04 Å². The molecule has 1 aliphatic heterocycles. The topological polar surface area (TPSA) is 29.1 Å². The molecule has 2 nitrogen and oxygen atoms in total. The molecule has 1 unspecified atom stereocenters. The van der Waals surface area contributed by atoms with E-state index in [0.29, 0.717) is 0 Å². The van der Waals surface area contributed by atoms with Crippen LogP contribution in [0.15, 0.2) is 24.3 Å². The van der Waals surface area contributed by atoms with Crippen molar-refractivity contribution in [1.29, 1.82) is 0 Å². The standard InChI is InChI=1S/C12H11NO/c1-2-11(14)12-10-6-4-3-5-9(10)7-8-13-12/h1,3-6,12-13H,7-8H2. The van der Waals surface area contributed by atoms with Crippen LogP contribution < -0.4 is 5.32 Å². The molecule has 70 valence electrons. The molecule has 0 bridgehead atoms. The van der Waals surface area contributed by atoms with Gasteiger partial charge in [-0.2, -0.15) is 0 Å². The molecule has 1 aromatic carbocycles. The Kier molecular flexibility index (Phi) is 2.34. The van der Waals surface area contributed by atoms with Gasteiger partial charge in [0, 0.05) is 6.54 Å². The predicted octanol–water partition coefficient (Wildman–Crippen LogP) is 1.08. The number of hydrogen-bond donors (Lipinski definition) is 1. The zero-order valence-electron chi connectivity index (χ0n) is 7.79. The number of ketones is 1. The Labute approximate surface area is 83.3 Å². The second kappa shape index (κ2) is 3.65. The third-order valence-electron chi connectivity index (χ3n) is 2.51. The Morgan fingerprint density at radius 2 is 2.29 bits per heavy atom. The minimum absolute atomic E-state index is 0.183. The van der Waals surface area contributed by atoms with Crippen LogP contribution in [0.1, 0.15) is 17.2 Å². The summed E-state index contributed by atoms with van der Waals surface area (Å²) in [6.07, 6.45) is 6.08. The summed E-state index contributed by atoms with van der Waals surface area (Å²) in [4.78, 5) is 11.4. The average molecular weight is 185 g/mol. The molecule has 1 N–H and O–H groups in total. The number of fused-ring (bicyclic) bond motifs is 1. The van der Waals surface area contributed by atoms with Crippen LogP contribution in [-0.4, -0.2) is 12.3 Å². The fraction of sp³-hybridized carbons (Fsp3) is 0.250. The van der Waals surface area contributed by atoms with Crippen molar-refractivity contribution >= 4 is 5.78 Å². The van der Waals surface area contributed by atoms with E-state index in [9.17, 15) is 4.79 Å². The van der Waals surface area contributed by atoms with Crippen LogP contribution in [0.25, 0.3) is 0 Å². The van der Waals surface area contributed by atoms with Crippen LogP contribution >= 0.6 is 0 Å². The van der Waals surface area contributed by atoms with Gasteiger partial charge in [-0.1, -0.05) is 24.3 Å². The smallest absolute Gasteiger partial charge is 0.226 e. The SMILES string of the molecule is C#CC(=O)C1NCCc2ccccc21. The van der Waals surface area contributed by atoms with Crippen molar-refractivity contribution in [2.75, 3.05) is 6.54 Å². The van der Waals surface area contributed by atoms with Gasteiger partial charge in [-0.15, -0.1) is 6.42 Å². The zero-order valence-corrected chi connectivity index (χ0v) is 7.79. The minimum atomic E-state index is -0.301. The largest absolute Gasteiger partial charge is 0.303 e. The number of Topliss-reactive ketones (excluding diaryl/α,β-unsaturated/α-hetero) is 1. The van der Waals surface area contributed by atoms with E-state index in [1.165, 1.54) is 5.56 Å². The van der Waals surface area contributed by atoms with Crippen LogP contribution in [0.3, 0.4) is 0 Å². The first-order chi connectivity index (χ1) is 6.83. The Balaban J connectivity index is 2.41. The quantitative estimate of drug-likeness (QED) is 0.524. The van der Waals surface area contributed by atoms with Gasteiger partial charge < -0.3 is 5.32 Å². The maximum absolute atomic E-state index is 11.4. The molecular formula is C12H11NO. The van der Waals surface area contributed by atoms with Crippen LogP contribution in [-0.2, 0) is 11.2 Å². The van der Waals surface area contributed by atoms with E-state index < -0.39 is 0 Å². The predicted molar refractivity (Wildman–Crippen MR) is 54.7 cm³/mol. The number of terminal acetylenes is 1. The monoisotopic (exact) mass is 185 g/mol. The Bertz CT molecular complexity index is 403. The Morgan fingerprint density at radius 1 is 1.50 bits per heavy atom. The maximum atomic E-state index is 11.4. The first-order valence-electron chi connectivity index (χ1n) is 4.64. The molecule has 1 aromatic rings. The molecular weight excluding hydrogens is 174 g/mol. The molecule has 0 amide bonds. The highest BCUT2D eigenvalue weighted by Gasteiger charge is 2.23. The van der Waals surface area contributed by atoms with Crippen molar-refractivity contribution in [2.45, 2.75) is 12.5 Å². The number of carbonyl (C=O) groups is 1. The lowest BCUT2D eigenvalue weighted by atomic mass is 9.92. The molecule has 0 aromatic heterocycles. The van der Waals surface area contributed by atoms with Gasteiger partial charge >= 0.3 is 0 Å². The number of nitrogens with one attached hydrogen (secondary N) is 1. The van der Waals surface area contributed by atoms with Crippen molar-refractivity contribution in [3.05, 3.63) is 35.4 Å². The van der Waals surface area contributed by atoms with Crippen LogP contribution in [0, 0.1) is 12.3 Å². The molecule has 0 radical (unpaired) electrons. The van der Waals surface area contributed by atoms with Crippen molar-refractivity contribution in [1.82, 2.24) is 5.32 Å². The number of benzene rings is 1. The lowest BCUT2D eigenvalue weighted by Gasteiger charge is -2.24. The highest BCUT2D eigenvalue weighted by atomic mass is 16.1. The van der Waals surface area contributed by atoms with E-state index in [4.69, 9.17) is 6.42 Å². The fourth-order valence-corrected chi connectivity index (χ4v) is 1.82. The molecule has 1 atom stereocenters. The second-order valence-corrected chi connectivity index (χ2v) is 3.34. The van der Waals surface area contributed by atoms with E-state index in [-0.39, 0.29) is 11.8 Å². The second-order valence-electron chi connectivity index (χ2n) is 3.34. The van der Waals surface area contributed by atoms with Crippen LogP contribution in [0.4, 0.5) is 0 Å². The molecule has 0 aliphatic carbocycles.